The van der Waals surface area contributed by atoms with Crippen molar-refractivity contribution in [2.45, 2.75) is 71.7 Å². The smallest absolute Gasteiger partial charge is 0.334 e. The number of allylic oxidation sites excluding steroid dienone is 2. The number of esters is 2. The van der Waals surface area contributed by atoms with Gasteiger partial charge in [-0.05, 0) is 43.6 Å². The van der Waals surface area contributed by atoms with E-state index in [2.05, 4.69) is 6.92 Å². The molecule has 0 amide bonds. The van der Waals surface area contributed by atoms with Crippen LogP contribution in [0.25, 0.3) is 0 Å². The monoisotopic (exact) mass is 388 g/mol. The molecule has 3 aliphatic carbocycles. The lowest BCUT2D eigenvalue weighted by Crippen LogP contribution is -2.67. The molecule has 2 saturated carbocycles. The van der Waals surface area contributed by atoms with Crippen molar-refractivity contribution in [2.75, 3.05) is 0 Å². The van der Waals surface area contributed by atoms with Gasteiger partial charge >= 0.3 is 11.9 Å². The highest BCUT2D eigenvalue weighted by molar-refractivity contribution is 5.96. The Kier molecular flexibility index (Phi) is 4.00. The first-order valence-corrected chi connectivity index (χ1v) is 9.98. The van der Waals surface area contributed by atoms with Crippen LogP contribution in [0.2, 0.25) is 0 Å². The molecule has 6 nitrogen and oxygen atoms in total. The zero-order chi connectivity index (χ0) is 20.6. The standard InChI is InChI=1S/C22H28O6/c1-11-17-13(28-19(11)25)10-15-21(5)8-7-16(24)20(3,4)14(21)6-9-22(15,26)18(17)27-12(2)23/h7-8,13-15,18,26H,6,9-10H2,1-5H3/t13-,14-,15+,18+,21-,22+/m1/s1. The van der Waals surface area contributed by atoms with Crippen LogP contribution in [0, 0.1) is 22.7 Å². The maximum atomic E-state index is 12.5. The molecule has 0 aromatic rings. The molecule has 28 heavy (non-hydrogen) atoms. The van der Waals surface area contributed by atoms with E-state index in [0.717, 1.165) is 0 Å². The number of fused-ring (bicyclic) bond motifs is 4. The van der Waals surface area contributed by atoms with Gasteiger partial charge in [0.2, 0.25) is 0 Å². The molecule has 0 aromatic heterocycles. The average Bonchev–Trinajstić information content (AvgIpc) is 2.87. The summed E-state index contributed by atoms with van der Waals surface area (Å²) in [7, 11) is 0. The second kappa shape index (κ2) is 5.78. The molecule has 0 aromatic carbocycles. The lowest BCUT2D eigenvalue weighted by atomic mass is 9.44. The van der Waals surface area contributed by atoms with Crippen molar-refractivity contribution < 1.29 is 29.0 Å². The third-order valence-electron chi connectivity index (χ3n) is 7.84. The molecule has 152 valence electrons. The maximum Gasteiger partial charge on any atom is 0.334 e. The summed E-state index contributed by atoms with van der Waals surface area (Å²) in [6.45, 7) is 8.96. The first-order valence-electron chi connectivity index (χ1n) is 9.98. The van der Waals surface area contributed by atoms with E-state index in [1.54, 1.807) is 13.0 Å². The highest BCUT2D eigenvalue weighted by Crippen LogP contribution is 2.64. The molecule has 4 rings (SSSR count). The molecule has 1 aliphatic heterocycles. The van der Waals surface area contributed by atoms with Crippen molar-refractivity contribution in [2.24, 2.45) is 22.7 Å². The summed E-state index contributed by atoms with van der Waals surface area (Å²) >= 11 is 0. The molecule has 0 spiro atoms. The fourth-order valence-corrected chi connectivity index (χ4v) is 6.42. The van der Waals surface area contributed by atoms with E-state index in [4.69, 9.17) is 9.47 Å². The van der Waals surface area contributed by atoms with Crippen molar-refractivity contribution in [3.63, 3.8) is 0 Å². The van der Waals surface area contributed by atoms with Crippen molar-refractivity contribution in [3.8, 4) is 0 Å². The summed E-state index contributed by atoms with van der Waals surface area (Å²) in [6, 6.07) is 0. The highest BCUT2D eigenvalue weighted by atomic mass is 16.6. The zero-order valence-corrected chi connectivity index (χ0v) is 17.1. The van der Waals surface area contributed by atoms with Crippen molar-refractivity contribution in [1.82, 2.24) is 0 Å². The van der Waals surface area contributed by atoms with E-state index in [1.807, 2.05) is 19.9 Å². The Morgan fingerprint density at radius 2 is 1.93 bits per heavy atom. The number of hydrogen-bond donors (Lipinski definition) is 1. The summed E-state index contributed by atoms with van der Waals surface area (Å²) in [6.07, 6.45) is 3.62. The van der Waals surface area contributed by atoms with Crippen molar-refractivity contribution >= 4 is 17.7 Å². The summed E-state index contributed by atoms with van der Waals surface area (Å²) in [4.78, 5) is 36.6. The van der Waals surface area contributed by atoms with E-state index in [1.165, 1.54) is 6.92 Å². The normalized spacial score (nSPS) is 43.8. The Hall–Kier alpha value is -1.95. The molecule has 1 N–H and O–H groups in total. The second-order valence-corrected chi connectivity index (χ2v) is 9.62. The van der Waals surface area contributed by atoms with Crippen molar-refractivity contribution in [1.29, 1.82) is 0 Å². The predicted octanol–water partition coefficient (Wildman–Crippen LogP) is 2.49. The maximum absolute atomic E-state index is 12.5. The van der Waals surface area contributed by atoms with Gasteiger partial charge < -0.3 is 14.6 Å². The van der Waals surface area contributed by atoms with Crippen LogP contribution in [0.15, 0.2) is 23.3 Å². The van der Waals surface area contributed by atoms with Gasteiger partial charge in [0.1, 0.15) is 11.7 Å². The summed E-state index contributed by atoms with van der Waals surface area (Å²) in [5.41, 5.74) is -1.31. The Balaban J connectivity index is 1.86. The van der Waals surface area contributed by atoms with Gasteiger partial charge in [0.05, 0.1) is 0 Å². The first-order chi connectivity index (χ1) is 12.9. The lowest BCUT2D eigenvalue weighted by Gasteiger charge is -2.62. The van der Waals surface area contributed by atoms with Crippen LogP contribution in [-0.2, 0) is 23.9 Å². The predicted molar refractivity (Wildman–Crippen MR) is 99.9 cm³/mol. The van der Waals surface area contributed by atoms with Crippen LogP contribution >= 0.6 is 0 Å². The van der Waals surface area contributed by atoms with Gasteiger partial charge in [-0.3, -0.25) is 9.59 Å². The van der Waals surface area contributed by atoms with Crippen LogP contribution in [0.3, 0.4) is 0 Å². The van der Waals surface area contributed by atoms with Crippen LogP contribution in [0.1, 0.15) is 53.9 Å². The Morgan fingerprint density at radius 1 is 1.25 bits per heavy atom. The van der Waals surface area contributed by atoms with Crippen molar-refractivity contribution in [3.05, 3.63) is 23.3 Å². The summed E-state index contributed by atoms with van der Waals surface area (Å²) in [5.74, 6) is -1.09. The summed E-state index contributed by atoms with van der Waals surface area (Å²) in [5, 5.41) is 11.9. The average molecular weight is 388 g/mol. The number of ketones is 1. The fourth-order valence-electron chi connectivity index (χ4n) is 6.42. The Morgan fingerprint density at radius 3 is 2.57 bits per heavy atom. The van der Waals surface area contributed by atoms with Gasteiger partial charge in [0.15, 0.2) is 11.9 Å². The van der Waals surface area contributed by atoms with E-state index >= 15 is 0 Å². The molecule has 0 saturated heterocycles. The van der Waals surface area contributed by atoms with E-state index in [9.17, 15) is 19.5 Å². The number of hydrogen-bond acceptors (Lipinski definition) is 6. The molecular weight excluding hydrogens is 360 g/mol. The lowest BCUT2D eigenvalue weighted by molar-refractivity contribution is -0.216. The largest absolute Gasteiger partial charge is 0.455 e. The third-order valence-corrected chi connectivity index (χ3v) is 7.84. The molecule has 0 unspecified atom stereocenters. The molecule has 6 heteroatoms. The highest BCUT2D eigenvalue weighted by Gasteiger charge is 2.67. The molecule has 6 atom stereocenters. The minimum absolute atomic E-state index is 0.0458. The van der Waals surface area contributed by atoms with Crippen LogP contribution in [0.4, 0.5) is 0 Å². The van der Waals surface area contributed by atoms with Crippen LogP contribution < -0.4 is 0 Å². The number of rotatable bonds is 1. The quantitative estimate of drug-likeness (QED) is 0.694. The topological polar surface area (TPSA) is 89.9 Å². The van der Waals surface area contributed by atoms with Gasteiger partial charge in [-0.25, -0.2) is 4.79 Å². The minimum atomic E-state index is -1.31. The number of carbonyl (C=O) groups is 3. The minimum Gasteiger partial charge on any atom is -0.455 e. The second-order valence-electron chi connectivity index (χ2n) is 9.62. The van der Waals surface area contributed by atoms with Gasteiger partial charge in [-0.15, -0.1) is 0 Å². The summed E-state index contributed by atoms with van der Waals surface area (Å²) < 4.78 is 11.2. The molecule has 0 radical (unpaired) electrons. The van der Waals surface area contributed by atoms with Gasteiger partial charge in [0, 0.05) is 29.4 Å². The van der Waals surface area contributed by atoms with Gasteiger partial charge in [0.25, 0.3) is 0 Å². The molecule has 1 heterocycles. The number of carbonyl (C=O) groups excluding carboxylic acids is 3. The zero-order valence-electron chi connectivity index (χ0n) is 17.1. The fraction of sp³-hybridized carbons (Fsp3) is 0.682. The SMILES string of the molecule is CC(=O)O[C@H]1C2=C(C)C(=O)O[C@@H]2C[C@H]2[C@]3(C)C=CC(=O)C(C)(C)[C@H]3CC[C@@]12O. The molecule has 2 fully saturated rings. The first kappa shape index (κ1) is 19.4. The van der Waals surface area contributed by atoms with Crippen LogP contribution in [0.5, 0.6) is 0 Å². The number of ether oxygens (including phenoxy) is 2. The van der Waals surface area contributed by atoms with E-state index in [0.29, 0.717) is 30.4 Å². The van der Waals surface area contributed by atoms with E-state index in [-0.39, 0.29) is 17.6 Å². The molecule has 4 aliphatic rings. The third kappa shape index (κ3) is 2.33. The van der Waals surface area contributed by atoms with Gasteiger partial charge in [-0.1, -0.05) is 26.8 Å². The number of aliphatic hydroxyl groups is 1. The van der Waals surface area contributed by atoms with Crippen LogP contribution in [-0.4, -0.2) is 40.6 Å². The van der Waals surface area contributed by atoms with Gasteiger partial charge in [-0.2, -0.15) is 0 Å². The molecule has 0 bridgehead atoms. The Labute approximate surface area is 165 Å². The Bertz CT molecular complexity index is 836. The molecular formula is C22H28O6. The van der Waals surface area contributed by atoms with E-state index < -0.39 is 40.6 Å².